The molecule has 5 nitrogen and oxygen atoms in total. The molecule has 1 unspecified atom stereocenters. The van der Waals surface area contributed by atoms with Gasteiger partial charge in [-0.15, -0.1) is 5.10 Å². The summed E-state index contributed by atoms with van der Waals surface area (Å²) in [4.78, 5) is 2.24. The lowest BCUT2D eigenvalue weighted by molar-refractivity contribution is 0.473. The van der Waals surface area contributed by atoms with Crippen LogP contribution in [0.5, 0.6) is 0 Å². The molecule has 0 N–H and O–H groups in total. The molecule has 100 valence electrons. The summed E-state index contributed by atoms with van der Waals surface area (Å²) in [6, 6.07) is 4.29. The minimum Gasteiger partial charge on any atom is -0.347 e. The maximum atomic E-state index is 9.08. The Labute approximate surface area is 121 Å². The molecule has 19 heavy (non-hydrogen) atoms. The zero-order valence-electron chi connectivity index (χ0n) is 10.6. The molecule has 0 aromatic carbocycles. The molecule has 1 aliphatic heterocycles. The average molecular weight is 293 g/mol. The van der Waals surface area contributed by atoms with Crippen LogP contribution in [0, 0.1) is 32.5 Å². The molecule has 0 aliphatic carbocycles. The summed E-state index contributed by atoms with van der Waals surface area (Å²) in [5.74, 6) is -0.195. The molecule has 1 aromatic rings. The summed E-state index contributed by atoms with van der Waals surface area (Å²) < 4.78 is 2.44. The SMILES string of the molecule is N#CCCC(C#N)Cn1nc(N2CCCC2)sc1=S. The van der Waals surface area contributed by atoms with E-state index >= 15 is 0 Å². The van der Waals surface area contributed by atoms with E-state index in [4.69, 9.17) is 22.7 Å². The zero-order valence-corrected chi connectivity index (χ0v) is 12.2. The fourth-order valence-electron chi connectivity index (χ4n) is 2.09. The van der Waals surface area contributed by atoms with Gasteiger partial charge in [0.2, 0.25) is 5.13 Å². The fraction of sp³-hybridized carbons (Fsp3) is 0.667. The van der Waals surface area contributed by atoms with Gasteiger partial charge < -0.3 is 4.90 Å². The van der Waals surface area contributed by atoms with E-state index in [1.807, 2.05) is 0 Å². The van der Waals surface area contributed by atoms with Crippen molar-refractivity contribution in [3.63, 3.8) is 0 Å². The minimum atomic E-state index is -0.195. The molecule has 1 saturated heterocycles. The van der Waals surface area contributed by atoms with Gasteiger partial charge in [-0.25, -0.2) is 4.68 Å². The Morgan fingerprint density at radius 1 is 1.37 bits per heavy atom. The van der Waals surface area contributed by atoms with E-state index in [1.165, 1.54) is 24.2 Å². The van der Waals surface area contributed by atoms with Gasteiger partial charge in [0.1, 0.15) is 0 Å². The second-order valence-corrected chi connectivity index (χ2v) is 6.15. The quantitative estimate of drug-likeness (QED) is 0.781. The number of hydrogen-bond donors (Lipinski definition) is 0. The highest BCUT2D eigenvalue weighted by molar-refractivity contribution is 7.73. The second kappa shape index (κ2) is 6.65. The normalized spacial score (nSPS) is 16.0. The summed E-state index contributed by atoms with van der Waals surface area (Å²) in [5, 5.41) is 23.1. The van der Waals surface area contributed by atoms with Gasteiger partial charge in [-0.1, -0.05) is 11.3 Å². The molecule has 0 amide bonds. The summed E-state index contributed by atoms with van der Waals surface area (Å²) in [7, 11) is 0. The molecule has 2 heterocycles. The van der Waals surface area contributed by atoms with Crippen molar-refractivity contribution in [3.05, 3.63) is 3.95 Å². The first-order valence-corrected chi connectivity index (χ1v) is 7.56. The highest BCUT2D eigenvalue weighted by Crippen LogP contribution is 2.24. The van der Waals surface area contributed by atoms with E-state index in [1.54, 1.807) is 4.68 Å². The smallest absolute Gasteiger partial charge is 0.207 e. The number of rotatable bonds is 5. The van der Waals surface area contributed by atoms with E-state index in [0.29, 0.717) is 23.3 Å². The lowest BCUT2D eigenvalue weighted by Crippen LogP contribution is -2.18. The molecule has 0 radical (unpaired) electrons. The van der Waals surface area contributed by atoms with Crippen LogP contribution in [0.3, 0.4) is 0 Å². The summed E-state index contributed by atoms with van der Waals surface area (Å²) in [6.07, 6.45) is 3.38. The molecular weight excluding hydrogens is 278 g/mol. The molecule has 1 aliphatic rings. The van der Waals surface area contributed by atoms with Crippen LogP contribution < -0.4 is 4.90 Å². The third kappa shape index (κ3) is 3.52. The van der Waals surface area contributed by atoms with Crippen molar-refractivity contribution in [2.45, 2.75) is 32.2 Å². The fourth-order valence-corrected chi connectivity index (χ4v) is 3.26. The maximum absolute atomic E-state index is 9.08. The number of hydrogen-bond acceptors (Lipinski definition) is 6. The van der Waals surface area contributed by atoms with Crippen molar-refractivity contribution in [1.29, 1.82) is 10.5 Å². The lowest BCUT2D eigenvalue weighted by atomic mass is 10.1. The summed E-state index contributed by atoms with van der Waals surface area (Å²) >= 11 is 6.81. The number of nitriles is 2. The molecule has 0 spiro atoms. The highest BCUT2D eigenvalue weighted by atomic mass is 32.1. The maximum Gasteiger partial charge on any atom is 0.207 e. The molecule has 1 aromatic heterocycles. The monoisotopic (exact) mass is 293 g/mol. The molecule has 2 rings (SSSR count). The van der Waals surface area contributed by atoms with Gasteiger partial charge in [-0.05, 0) is 31.5 Å². The molecule has 0 bridgehead atoms. The van der Waals surface area contributed by atoms with Crippen LogP contribution in [0.15, 0.2) is 0 Å². The van der Waals surface area contributed by atoms with E-state index in [2.05, 4.69) is 22.1 Å². The Kier molecular flexibility index (Phi) is 4.89. The molecular formula is C12H15N5S2. The Morgan fingerprint density at radius 2 is 2.11 bits per heavy atom. The number of anilines is 1. The summed E-state index contributed by atoms with van der Waals surface area (Å²) in [6.45, 7) is 2.57. The van der Waals surface area contributed by atoms with Crippen LogP contribution in [-0.2, 0) is 6.54 Å². The van der Waals surface area contributed by atoms with Gasteiger partial charge in [-0.2, -0.15) is 10.5 Å². The third-order valence-electron chi connectivity index (χ3n) is 3.15. The lowest BCUT2D eigenvalue weighted by Gasteiger charge is -2.12. The van der Waals surface area contributed by atoms with Crippen molar-refractivity contribution >= 4 is 28.7 Å². The van der Waals surface area contributed by atoms with Crippen molar-refractivity contribution in [2.75, 3.05) is 18.0 Å². The van der Waals surface area contributed by atoms with Gasteiger partial charge in [0.15, 0.2) is 3.95 Å². The number of aromatic nitrogens is 2. The van der Waals surface area contributed by atoms with Crippen molar-refractivity contribution in [2.24, 2.45) is 5.92 Å². The Bertz CT molecular complexity index is 556. The predicted octanol–water partition coefficient (Wildman–Crippen LogP) is 2.72. The van der Waals surface area contributed by atoms with Crippen LogP contribution in [0.4, 0.5) is 5.13 Å². The van der Waals surface area contributed by atoms with Gasteiger partial charge in [0.05, 0.1) is 24.6 Å². The van der Waals surface area contributed by atoms with Crippen LogP contribution in [0.25, 0.3) is 0 Å². The van der Waals surface area contributed by atoms with Crippen molar-refractivity contribution in [1.82, 2.24) is 9.78 Å². The van der Waals surface area contributed by atoms with Crippen molar-refractivity contribution in [3.8, 4) is 12.1 Å². The first kappa shape index (κ1) is 14.0. The van der Waals surface area contributed by atoms with Crippen LogP contribution in [-0.4, -0.2) is 22.9 Å². The Balaban J connectivity index is 2.06. The van der Waals surface area contributed by atoms with E-state index in [9.17, 15) is 0 Å². The first-order chi connectivity index (χ1) is 9.24. The largest absolute Gasteiger partial charge is 0.347 e. The topological polar surface area (TPSA) is 68.6 Å². The van der Waals surface area contributed by atoms with E-state index in [0.717, 1.165) is 18.2 Å². The third-order valence-corrected chi connectivity index (χ3v) is 4.52. The van der Waals surface area contributed by atoms with E-state index < -0.39 is 0 Å². The standard InChI is InChI=1S/C12H15N5S2/c13-5-3-4-10(8-14)9-17-12(18)19-11(15-17)16-6-1-2-7-16/h10H,1-4,6-7,9H2. The minimum absolute atomic E-state index is 0.195. The molecule has 0 saturated carbocycles. The van der Waals surface area contributed by atoms with Gasteiger partial charge >= 0.3 is 0 Å². The summed E-state index contributed by atoms with van der Waals surface area (Å²) in [5.41, 5.74) is 0. The Morgan fingerprint density at radius 3 is 2.74 bits per heavy atom. The van der Waals surface area contributed by atoms with Crippen LogP contribution in [0.1, 0.15) is 25.7 Å². The predicted molar refractivity (Wildman–Crippen MR) is 76.3 cm³/mol. The van der Waals surface area contributed by atoms with Gasteiger partial charge in [0, 0.05) is 19.5 Å². The average Bonchev–Trinajstić information content (AvgIpc) is 3.04. The van der Waals surface area contributed by atoms with Gasteiger partial charge in [0.25, 0.3) is 0 Å². The molecule has 1 atom stereocenters. The van der Waals surface area contributed by atoms with E-state index in [-0.39, 0.29) is 5.92 Å². The van der Waals surface area contributed by atoms with Gasteiger partial charge in [-0.3, -0.25) is 0 Å². The zero-order chi connectivity index (χ0) is 13.7. The highest BCUT2D eigenvalue weighted by Gasteiger charge is 2.18. The first-order valence-electron chi connectivity index (χ1n) is 6.34. The van der Waals surface area contributed by atoms with Crippen LogP contribution in [0.2, 0.25) is 0 Å². The van der Waals surface area contributed by atoms with Crippen LogP contribution >= 0.6 is 23.6 Å². The Hall–Kier alpha value is -1.44. The molecule has 7 heteroatoms. The number of nitrogens with zero attached hydrogens (tertiary/aromatic N) is 5. The van der Waals surface area contributed by atoms with Crippen molar-refractivity contribution < 1.29 is 0 Å². The second-order valence-electron chi connectivity index (χ2n) is 4.55. The molecule has 1 fully saturated rings.